The molecule has 2 aromatic rings. The maximum atomic E-state index is 12.3. The SMILES string of the molecule is CC(CCl)(NC(=O)c1ccc(Cl)cc1)c1ccccc1. The number of halogens is 2. The Morgan fingerprint density at radius 1 is 1.10 bits per heavy atom. The van der Waals surface area contributed by atoms with E-state index in [1.165, 1.54) is 0 Å². The summed E-state index contributed by atoms with van der Waals surface area (Å²) in [6, 6.07) is 16.4. The van der Waals surface area contributed by atoms with Crippen molar-refractivity contribution in [2.75, 3.05) is 5.88 Å². The summed E-state index contributed by atoms with van der Waals surface area (Å²) in [5, 5.41) is 3.58. The summed E-state index contributed by atoms with van der Waals surface area (Å²) >= 11 is 11.9. The van der Waals surface area contributed by atoms with Crippen LogP contribution < -0.4 is 5.32 Å². The van der Waals surface area contributed by atoms with Crippen molar-refractivity contribution in [2.24, 2.45) is 0 Å². The summed E-state index contributed by atoms with van der Waals surface area (Å²) in [5.41, 5.74) is 0.915. The van der Waals surface area contributed by atoms with Gasteiger partial charge in [-0.05, 0) is 36.8 Å². The van der Waals surface area contributed by atoms with Gasteiger partial charge in [0, 0.05) is 16.5 Å². The number of alkyl halides is 1. The monoisotopic (exact) mass is 307 g/mol. The first-order chi connectivity index (χ1) is 9.55. The summed E-state index contributed by atoms with van der Waals surface area (Å²) in [4.78, 5) is 12.3. The first-order valence-corrected chi connectivity index (χ1v) is 7.16. The Morgan fingerprint density at radius 3 is 2.25 bits per heavy atom. The largest absolute Gasteiger partial charge is 0.342 e. The standard InChI is InChI=1S/C16H15Cl2NO/c1-16(11-17,13-5-3-2-4-6-13)19-15(20)12-7-9-14(18)10-8-12/h2-10H,11H2,1H3,(H,19,20). The van der Waals surface area contributed by atoms with Gasteiger partial charge in [0.2, 0.25) is 0 Å². The molecular formula is C16H15Cl2NO. The van der Waals surface area contributed by atoms with Crippen LogP contribution in [0.5, 0.6) is 0 Å². The number of hydrogen-bond acceptors (Lipinski definition) is 1. The molecule has 1 N–H and O–H groups in total. The Hall–Kier alpha value is -1.51. The molecule has 0 aromatic heterocycles. The van der Waals surface area contributed by atoms with Crippen molar-refractivity contribution in [1.29, 1.82) is 0 Å². The summed E-state index contributed by atoms with van der Waals surface area (Å²) in [6.07, 6.45) is 0. The highest BCUT2D eigenvalue weighted by atomic mass is 35.5. The zero-order valence-corrected chi connectivity index (χ0v) is 12.6. The molecule has 1 atom stereocenters. The molecule has 0 spiro atoms. The second kappa shape index (κ2) is 6.29. The van der Waals surface area contributed by atoms with Crippen LogP contribution in [0.15, 0.2) is 54.6 Å². The topological polar surface area (TPSA) is 29.1 Å². The van der Waals surface area contributed by atoms with E-state index in [1.54, 1.807) is 24.3 Å². The maximum Gasteiger partial charge on any atom is 0.252 e. The van der Waals surface area contributed by atoms with E-state index in [1.807, 2.05) is 37.3 Å². The fourth-order valence-corrected chi connectivity index (χ4v) is 2.26. The number of carbonyl (C=O) groups excluding carboxylic acids is 1. The third kappa shape index (κ3) is 3.33. The minimum Gasteiger partial charge on any atom is -0.342 e. The number of nitrogens with one attached hydrogen (secondary N) is 1. The van der Waals surface area contributed by atoms with E-state index in [0.29, 0.717) is 10.6 Å². The third-order valence-corrected chi connectivity index (χ3v) is 3.96. The zero-order chi connectivity index (χ0) is 14.6. The van der Waals surface area contributed by atoms with Gasteiger partial charge in [0.1, 0.15) is 0 Å². The van der Waals surface area contributed by atoms with Crippen LogP contribution in [-0.4, -0.2) is 11.8 Å². The van der Waals surface area contributed by atoms with Crippen LogP contribution in [0.2, 0.25) is 5.02 Å². The quantitative estimate of drug-likeness (QED) is 0.842. The van der Waals surface area contributed by atoms with Gasteiger partial charge in [0.15, 0.2) is 0 Å². The van der Waals surface area contributed by atoms with E-state index < -0.39 is 5.54 Å². The molecule has 20 heavy (non-hydrogen) atoms. The summed E-state index contributed by atoms with van der Waals surface area (Å²) < 4.78 is 0. The normalized spacial score (nSPS) is 13.6. The van der Waals surface area contributed by atoms with Crippen molar-refractivity contribution in [2.45, 2.75) is 12.5 Å². The molecule has 0 radical (unpaired) electrons. The van der Waals surface area contributed by atoms with Gasteiger partial charge in [-0.15, -0.1) is 11.6 Å². The summed E-state index contributed by atoms with van der Waals surface area (Å²) in [6.45, 7) is 1.91. The van der Waals surface area contributed by atoms with Crippen LogP contribution >= 0.6 is 23.2 Å². The highest BCUT2D eigenvalue weighted by Gasteiger charge is 2.27. The van der Waals surface area contributed by atoms with Gasteiger partial charge < -0.3 is 5.32 Å². The van der Waals surface area contributed by atoms with Gasteiger partial charge in [-0.2, -0.15) is 0 Å². The predicted octanol–water partition coefficient (Wildman–Crippen LogP) is 4.22. The Bertz CT molecular complexity index is 583. The van der Waals surface area contributed by atoms with Crippen molar-refractivity contribution in [3.05, 3.63) is 70.7 Å². The molecule has 0 aliphatic rings. The smallest absolute Gasteiger partial charge is 0.252 e. The molecular weight excluding hydrogens is 293 g/mol. The molecule has 104 valence electrons. The van der Waals surface area contributed by atoms with Crippen molar-refractivity contribution in [1.82, 2.24) is 5.32 Å². The van der Waals surface area contributed by atoms with Crippen LogP contribution in [0.3, 0.4) is 0 Å². The van der Waals surface area contributed by atoms with E-state index in [0.717, 1.165) is 5.56 Å². The van der Waals surface area contributed by atoms with Gasteiger partial charge in [0.25, 0.3) is 5.91 Å². The highest BCUT2D eigenvalue weighted by molar-refractivity contribution is 6.30. The first-order valence-electron chi connectivity index (χ1n) is 6.25. The minimum atomic E-state index is -0.612. The van der Waals surface area contributed by atoms with Crippen molar-refractivity contribution < 1.29 is 4.79 Å². The van der Waals surface area contributed by atoms with E-state index in [-0.39, 0.29) is 11.8 Å². The van der Waals surface area contributed by atoms with Crippen molar-refractivity contribution in [3.63, 3.8) is 0 Å². The van der Waals surface area contributed by atoms with E-state index >= 15 is 0 Å². The lowest BCUT2D eigenvalue weighted by atomic mass is 9.93. The number of amides is 1. The van der Waals surface area contributed by atoms with Crippen LogP contribution in [0.25, 0.3) is 0 Å². The van der Waals surface area contributed by atoms with Gasteiger partial charge in [0.05, 0.1) is 5.54 Å². The van der Waals surface area contributed by atoms with Crippen LogP contribution in [0.4, 0.5) is 0 Å². The number of benzene rings is 2. The molecule has 2 nitrogen and oxygen atoms in total. The molecule has 0 saturated heterocycles. The molecule has 2 aromatic carbocycles. The molecule has 1 unspecified atom stereocenters. The second-order valence-corrected chi connectivity index (χ2v) is 5.50. The lowest BCUT2D eigenvalue weighted by molar-refractivity contribution is 0.0913. The average molecular weight is 308 g/mol. The number of rotatable bonds is 4. The third-order valence-electron chi connectivity index (χ3n) is 3.17. The highest BCUT2D eigenvalue weighted by Crippen LogP contribution is 2.23. The number of hydrogen-bond donors (Lipinski definition) is 1. The molecule has 0 aliphatic heterocycles. The first kappa shape index (κ1) is 14.9. The molecule has 0 fully saturated rings. The minimum absolute atomic E-state index is 0.173. The van der Waals surface area contributed by atoms with Crippen LogP contribution in [0, 0.1) is 0 Å². The van der Waals surface area contributed by atoms with Crippen LogP contribution in [0.1, 0.15) is 22.8 Å². The molecule has 0 aliphatic carbocycles. The molecule has 0 bridgehead atoms. The summed E-state index contributed by atoms with van der Waals surface area (Å²) in [7, 11) is 0. The van der Waals surface area contributed by atoms with Gasteiger partial charge in [-0.3, -0.25) is 4.79 Å². The van der Waals surface area contributed by atoms with E-state index in [4.69, 9.17) is 23.2 Å². The molecule has 0 heterocycles. The Morgan fingerprint density at radius 2 is 1.70 bits per heavy atom. The summed E-state index contributed by atoms with van der Waals surface area (Å²) in [5.74, 6) is 0.116. The second-order valence-electron chi connectivity index (χ2n) is 4.79. The average Bonchev–Trinajstić information content (AvgIpc) is 2.48. The van der Waals surface area contributed by atoms with Gasteiger partial charge in [-0.1, -0.05) is 41.9 Å². The molecule has 2 rings (SSSR count). The fraction of sp³-hybridized carbons (Fsp3) is 0.188. The van der Waals surface area contributed by atoms with E-state index in [9.17, 15) is 4.79 Å². The molecule has 1 amide bonds. The van der Waals surface area contributed by atoms with Crippen molar-refractivity contribution >= 4 is 29.1 Å². The van der Waals surface area contributed by atoms with Gasteiger partial charge >= 0.3 is 0 Å². The predicted molar refractivity (Wildman–Crippen MR) is 83.4 cm³/mol. The van der Waals surface area contributed by atoms with Crippen molar-refractivity contribution in [3.8, 4) is 0 Å². The zero-order valence-electron chi connectivity index (χ0n) is 11.1. The lowest BCUT2D eigenvalue weighted by Gasteiger charge is -2.29. The Kier molecular flexibility index (Phi) is 4.69. The Labute approximate surface area is 128 Å². The number of carbonyl (C=O) groups is 1. The molecule has 4 heteroatoms. The van der Waals surface area contributed by atoms with Gasteiger partial charge in [-0.25, -0.2) is 0 Å². The van der Waals surface area contributed by atoms with E-state index in [2.05, 4.69) is 5.32 Å². The van der Waals surface area contributed by atoms with Crippen LogP contribution in [-0.2, 0) is 5.54 Å². The molecule has 0 saturated carbocycles. The Balaban J connectivity index is 2.22. The fourth-order valence-electron chi connectivity index (χ4n) is 1.91. The lowest BCUT2D eigenvalue weighted by Crippen LogP contribution is -2.45. The maximum absolute atomic E-state index is 12.3.